The first kappa shape index (κ1) is 20.9. The van der Waals surface area contributed by atoms with Crippen LogP contribution in [0.3, 0.4) is 0 Å². The molecule has 1 aliphatic heterocycles. The van der Waals surface area contributed by atoms with E-state index in [-0.39, 0.29) is 18.1 Å². The fourth-order valence-electron chi connectivity index (χ4n) is 3.46. The van der Waals surface area contributed by atoms with Gasteiger partial charge in [-0.05, 0) is 39.0 Å². The van der Waals surface area contributed by atoms with Crippen LogP contribution in [0, 0.1) is 0 Å². The molecule has 1 fully saturated rings. The van der Waals surface area contributed by atoms with Crippen LogP contribution in [0.1, 0.15) is 44.0 Å². The highest BCUT2D eigenvalue weighted by molar-refractivity contribution is 6.01. The van der Waals surface area contributed by atoms with Crippen LogP contribution in [0.25, 0.3) is 10.9 Å². The van der Waals surface area contributed by atoms with Gasteiger partial charge in [-0.3, -0.25) is 14.6 Å². The van der Waals surface area contributed by atoms with Crippen molar-refractivity contribution in [2.45, 2.75) is 51.9 Å². The second-order valence-electron chi connectivity index (χ2n) is 7.64. The summed E-state index contributed by atoms with van der Waals surface area (Å²) in [6.45, 7) is 6.69. The van der Waals surface area contributed by atoms with Crippen molar-refractivity contribution in [3.63, 3.8) is 0 Å². The Bertz CT molecular complexity index is 905. The van der Waals surface area contributed by atoms with E-state index in [9.17, 15) is 9.59 Å². The van der Waals surface area contributed by atoms with Crippen molar-refractivity contribution < 1.29 is 19.1 Å². The van der Waals surface area contributed by atoms with Gasteiger partial charge in [-0.25, -0.2) is 0 Å². The molecule has 4 N–H and O–H groups in total. The molecule has 1 saturated heterocycles. The molecule has 0 saturated carbocycles. The quantitative estimate of drug-likeness (QED) is 0.763. The number of carbonyl (C=O) groups is 2. The van der Waals surface area contributed by atoms with E-state index >= 15 is 0 Å². The molecule has 1 aromatic carbocycles. The van der Waals surface area contributed by atoms with Gasteiger partial charge >= 0.3 is 0 Å². The molecule has 0 aliphatic carbocycles. The Morgan fingerprint density at radius 1 is 1.17 bits per heavy atom. The first-order chi connectivity index (χ1) is 13.8. The minimum Gasteiger partial charge on any atom is -0.490 e. The summed E-state index contributed by atoms with van der Waals surface area (Å²) in [5.41, 5.74) is 12.1. The third-order valence-corrected chi connectivity index (χ3v) is 4.87. The molecule has 8 nitrogen and oxygen atoms in total. The molecule has 29 heavy (non-hydrogen) atoms. The summed E-state index contributed by atoms with van der Waals surface area (Å²) in [5, 5.41) is 0.752. The molecule has 1 aromatic heterocycles. The minimum absolute atomic E-state index is 0.0250. The zero-order valence-electron chi connectivity index (χ0n) is 17.1. The summed E-state index contributed by atoms with van der Waals surface area (Å²) in [4.78, 5) is 30.0. The summed E-state index contributed by atoms with van der Waals surface area (Å²) in [6.07, 6.45) is 2.94. The fourth-order valence-corrected chi connectivity index (χ4v) is 3.46. The number of pyridine rings is 1. The maximum absolute atomic E-state index is 12.1. The number of fused-ring (bicyclic) bond motifs is 1. The average molecular weight is 400 g/mol. The summed E-state index contributed by atoms with van der Waals surface area (Å²) < 4.78 is 12.0. The Kier molecular flexibility index (Phi) is 6.22. The van der Waals surface area contributed by atoms with E-state index < -0.39 is 11.9 Å². The number of ether oxygens (including phenoxy) is 2. The highest BCUT2D eigenvalue weighted by Crippen LogP contribution is 2.33. The van der Waals surface area contributed by atoms with Crippen molar-refractivity contribution in [3.8, 4) is 11.5 Å². The Morgan fingerprint density at radius 3 is 2.45 bits per heavy atom. The smallest absolute Gasteiger partial charge is 0.252 e. The topological polar surface area (TPSA) is 121 Å². The van der Waals surface area contributed by atoms with E-state index in [0.29, 0.717) is 35.7 Å². The molecule has 0 unspecified atom stereocenters. The van der Waals surface area contributed by atoms with Gasteiger partial charge in [0, 0.05) is 37.5 Å². The normalized spacial score (nSPS) is 16.1. The van der Waals surface area contributed by atoms with Crippen molar-refractivity contribution in [1.82, 2.24) is 9.88 Å². The van der Waals surface area contributed by atoms with E-state index in [1.165, 1.54) is 0 Å². The van der Waals surface area contributed by atoms with Crippen molar-refractivity contribution in [3.05, 3.63) is 30.0 Å². The maximum Gasteiger partial charge on any atom is 0.252 e. The lowest BCUT2D eigenvalue weighted by atomic mass is 10.1. The van der Waals surface area contributed by atoms with Gasteiger partial charge < -0.3 is 25.8 Å². The summed E-state index contributed by atoms with van der Waals surface area (Å²) in [7, 11) is 0. The van der Waals surface area contributed by atoms with E-state index in [4.69, 9.17) is 20.9 Å². The number of nitrogens with two attached hydrogens (primary N) is 2. The van der Waals surface area contributed by atoms with Crippen LogP contribution >= 0.6 is 0 Å². The van der Waals surface area contributed by atoms with Gasteiger partial charge in [0.25, 0.3) is 5.91 Å². The van der Waals surface area contributed by atoms with Gasteiger partial charge in [-0.1, -0.05) is 0 Å². The van der Waals surface area contributed by atoms with E-state index in [1.807, 2.05) is 13.8 Å². The SMILES string of the molecule is CC(C)Oc1cc2c(OC3CCN(C(=O)[C@@H](C)N)CC3)ccnc2cc1C(N)=O. The van der Waals surface area contributed by atoms with Crippen molar-refractivity contribution in [1.29, 1.82) is 0 Å². The molecule has 3 rings (SSSR count). The van der Waals surface area contributed by atoms with Crippen LogP contribution in [-0.4, -0.2) is 53.0 Å². The van der Waals surface area contributed by atoms with Crippen molar-refractivity contribution in [2.24, 2.45) is 11.5 Å². The zero-order chi connectivity index (χ0) is 21.1. The van der Waals surface area contributed by atoms with Crippen LogP contribution in [0.5, 0.6) is 11.5 Å². The Hall–Kier alpha value is -2.87. The van der Waals surface area contributed by atoms with Crippen molar-refractivity contribution in [2.75, 3.05) is 13.1 Å². The third-order valence-electron chi connectivity index (χ3n) is 4.87. The number of likely N-dealkylation sites (tertiary alicyclic amines) is 1. The van der Waals surface area contributed by atoms with Crippen LogP contribution in [0.2, 0.25) is 0 Å². The van der Waals surface area contributed by atoms with Crippen LogP contribution in [-0.2, 0) is 4.79 Å². The average Bonchev–Trinajstić information content (AvgIpc) is 2.67. The summed E-state index contributed by atoms with van der Waals surface area (Å²) in [5.74, 6) is 0.473. The molecule has 0 radical (unpaired) electrons. The van der Waals surface area contributed by atoms with Crippen LogP contribution < -0.4 is 20.9 Å². The zero-order valence-corrected chi connectivity index (χ0v) is 17.1. The number of benzene rings is 1. The second-order valence-corrected chi connectivity index (χ2v) is 7.64. The number of primary amides is 1. The lowest BCUT2D eigenvalue weighted by molar-refractivity contribution is -0.133. The van der Waals surface area contributed by atoms with Gasteiger partial charge in [0.1, 0.15) is 17.6 Å². The van der Waals surface area contributed by atoms with Crippen LogP contribution in [0.4, 0.5) is 0 Å². The monoisotopic (exact) mass is 400 g/mol. The van der Waals surface area contributed by atoms with Crippen molar-refractivity contribution >= 4 is 22.7 Å². The fraction of sp³-hybridized carbons (Fsp3) is 0.476. The first-order valence-electron chi connectivity index (χ1n) is 9.86. The van der Waals surface area contributed by atoms with E-state index in [2.05, 4.69) is 4.98 Å². The minimum atomic E-state index is -0.568. The predicted octanol–water partition coefficient (Wildman–Crippen LogP) is 1.84. The largest absolute Gasteiger partial charge is 0.490 e. The molecule has 8 heteroatoms. The Morgan fingerprint density at radius 2 is 1.86 bits per heavy atom. The van der Waals surface area contributed by atoms with Gasteiger partial charge in [-0.2, -0.15) is 0 Å². The first-order valence-corrected chi connectivity index (χ1v) is 9.86. The number of piperidine rings is 1. The molecule has 156 valence electrons. The molecular formula is C21H28N4O4. The maximum atomic E-state index is 12.1. The third kappa shape index (κ3) is 4.76. The van der Waals surface area contributed by atoms with E-state index in [1.54, 1.807) is 36.2 Å². The lowest BCUT2D eigenvalue weighted by Crippen LogP contribution is -2.47. The van der Waals surface area contributed by atoms with Gasteiger partial charge in [-0.15, -0.1) is 0 Å². The number of nitrogens with zero attached hydrogens (tertiary/aromatic N) is 2. The van der Waals surface area contributed by atoms with Gasteiger partial charge in [0.15, 0.2) is 0 Å². The highest BCUT2D eigenvalue weighted by Gasteiger charge is 2.26. The second kappa shape index (κ2) is 8.65. The molecule has 2 aromatic rings. The number of hydrogen-bond acceptors (Lipinski definition) is 6. The van der Waals surface area contributed by atoms with E-state index in [0.717, 1.165) is 18.2 Å². The molecular weight excluding hydrogens is 372 g/mol. The highest BCUT2D eigenvalue weighted by atomic mass is 16.5. The predicted molar refractivity (Wildman–Crippen MR) is 110 cm³/mol. The summed E-state index contributed by atoms with van der Waals surface area (Å²) in [6, 6.07) is 4.69. The number of aromatic nitrogens is 1. The standard InChI is InChI=1S/C21H28N4O4/c1-12(2)28-19-11-15-17(10-16(19)20(23)26)24-7-4-18(15)29-14-5-8-25(9-6-14)21(27)13(3)22/h4,7,10-14H,5-6,8-9,22H2,1-3H3,(H2,23,26)/t13-/m1/s1. The lowest BCUT2D eigenvalue weighted by Gasteiger charge is -2.33. The summed E-state index contributed by atoms with van der Waals surface area (Å²) >= 11 is 0. The molecule has 2 heterocycles. The number of hydrogen-bond donors (Lipinski definition) is 2. The molecule has 0 spiro atoms. The number of amides is 2. The van der Waals surface area contributed by atoms with Gasteiger partial charge in [0.2, 0.25) is 5.91 Å². The molecule has 0 bridgehead atoms. The molecule has 1 aliphatic rings. The van der Waals surface area contributed by atoms with Crippen LogP contribution in [0.15, 0.2) is 24.4 Å². The molecule has 1 atom stereocenters. The van der Waals surface area contributed by atoms with Gasteiger partial charge in [0.05, 0.1) is 23.2 Å². The molecule has 2 amide bonds. The number of rotatable bonds is 6. The Labute approximate surface area is 170 Å². The Balaban J connectivity index is 1.83. The number of carbonyl (C=O) groups excluding carboxylic acids is 2.